The molecule has 0 fully saturated rings. The maximum Gasteiger partial charge on any atom is 0.142 e. The van der Waals surface area contributed by atoms with Crippen LogP contribution in [0.4, 0.5) is 4.39 Å². The number of hydrogen-bond acceptors (Lipinski definition) is 2. The van der Waals surface area contributed by atoms with E-state index in [0.717, 1.165) is 34.5 Å². The number of hydrogen-bond donors (Lipinski definition) is 1. The molecule has 3 nitrogen and oxygen atoms in total. The van der Waals surface area contributed by atoms with Crippen LogP contribution in [-0.4, -0.2) is 9.55 Å². The molecular formula is C16H15BrFN3. The van der Waals surface area contributed by atoms with Gasteiger partial charge in [-0.15, -0.1) is 0 Å². The molecule has 2 N–H and O–H groups in total. The van der Waals surface area contributed by atoms with Crippen molar-refractivity contribution in [3.63, 3.8) is 0 Å². The molecule has 0 atom stereocenters. The van der Waals surface area contributed by atoms with Crippen LogP contribution in [0.1, 0.15) is 12.5 Å². The molecular weight excluding hydrogens is 333 g/mol. The van der Waals surface area contributed by atoms with E-state index in [4.69, 9.17) is 10.7 Å². The fourth-order valence-electron chi connectivity index (χ4n) is 2.50. The Morgan fingerprint density at radius 1 is 1.24 bits per heavy atom. The second-order valence-corrected chi connectivity index (χ2v) is 5.69. The average molecular weight is 348 g/mol. The third-order valence-electron chi connectivity index (χ3n) is 3.54. The van der Waals surface area contributed by atoms with Crippen LogP contribution in [0, 0.1) is 5.82 Å². The van der Waals surface area contributed by atoms with Crippen LogP contribution >= 0.6 is 15.9 Å². The smallest absolute Gasteiger partial charge is 0.142 e. The number of benzene rings is 2. The zero-order chi connectivity index (χ0) is 15.0. The lowest BCUT2D eigenvalue weighted by Gasteiger charge is -2.08. The molecule has 0 saturated heterocycles. The fraction of sp³-hybridized carbons (Fsp3) is 0.188. The van der Waals surface area contributed by atoms with E-state index < -0.39 is 0 Å². The summed E-state index contributed by atoms with van der Waals surface area (Å²) in [6.45, 7) is 3.35. The maximum absolute atomic E-state index is 13.3. The lowest BCUT2D eigenvalue weighted by atomic mass is 10.2. The minimum atomic E-state index is -0.268. The van der Waals surface area contributed by atoms with Crippen molar-refractivity contribution in [1.82, 2.24) is 9.55 Å². The Bertz CT molecular complexity index is 811. The summed E-state index contributed by atoms with van der Waals surface area (Å²) in [5.41, 5.74) is 9.58. The molecule has 0 radical (unpaired) electrons. The number of aromatic nitrogens is 2. The van der Waals surface area contributed by atoms with Gasteiger partial charge in [-0.25, -0.2) is 9.37 Å². The van der Waals surface area contributed by atoms with Gasteiger partial charge in [-0.05, 0) is 58.7 Å². The zero-order valence-corrected chi connectivity index (χ0v) is 13.2. The molecule has 21 heavy (non-hydrogen) atoms. The van der Waals surface area contributed by atoms with Crippen molar-refractivity contribution in [3.8, 4) is 11.4 Å². The number of fused-ring (bicyclic) bond motifs is 1. The summed E-state index contributed by atoms with van der Waals surface area (Å²) in [6.07, 6.45) is 0. The van der Waals surface area contributed by atoms with Crippen molar-refractivity contribution in [2.75, 3.05) is 0 Å². The van der Waals surface area contributed by atoms with E-state index in [-0.39, 0.29) is 5.82 Å². The van der Waals surface area contributed by atoms with Crippen LogP contribution < -0.4 is 5.73 Å². The van der Waals surface area contributed by atoms with E-state index in [1.807, 2.05) is 18.2 Å². The molecule has 108 valence electrons. The molecule has 1 heterocycles. The highest BCUT2D eigenvalue weighted by atomic mass is 79.9. The van der Waals surface area contributed by atoms with E-state index in [2.05, 4.69) is 27.4 Å². The van der Waals surface area contributed by atoms with Gasteiger partial charge in [0.15, 0.2) is 0 Å². The molecule has 3 rings (SSSR count). The van der Waals surface area contributed by atoms with Crippen LogP contribution in [0.15, 0.2) is 40.9 Å². The molecule has 0 spiro atoms. The average Bonchev–Trinajstić information content (AvgIpc) is 2.84. The van der Waals surface area contributed by atoms with E-state index in [9.17, 15) is 4.39 Å². The van der Waals surface area contributed by atoms with E-state index >= 15 is 0 Å². The van der Waals surface area contributed by atoms with Crippen molar-refractivity contribution in [3.05, 3.63) is 52.3 Å². The number of halogens is 2. The first-order valence-electron chi connectivity index (χ1n) is 6.78. The Labute approximate surface area is 130 Å². The minimum Gasteiger partial charge on any atom is -0.326 e. The first kappa shape index (κ1) is 14.2. The SMILES string of the molecule is CCn1c(-c2ccc(F)cc2Br)nc2cc(CN)ccc21. The third-order valence-corrected chi connectivity index (χ3v) is 4.19. The molecule has 5 heteroatoms. The van der Waals surface area contributed by atoms with E-state index in [0.29, 0.717) is 11.0 Å². The molecule has 0 aliphatic heterocycles. The van der Waals surface area contributed by atoms with Gasteiger partial charge in [0, 0.05) is 23.1 Å². The molecule has 0 bridgehead atoms. The monoisotopic (exact) mass is 347 g/mol. The molecule has 0 aliphatic carbocycles. The van der Waals surface area contributed by atoms with Gasteiger partial charge in [0.2, 0.25) is 0 Å². The molecule has 3 aromatic rings. The van der Waals surface area contributed by atoms with Crippen molar-refractivity contribution in [1.29, 1.82) is 0 Å². The van der Waals surface area contributed by atoms with Crippen LogP contribution in [0.3, 0.4) is 0 Å². The first-order chi connectivity index (χ1) is 10.1. The summed E-state index contributed by atoms with van der Waals surface area (Å²) in [7, 11) is 0. The maximum atomic E-state index is 13.3. The second-order valence-electron chi connectivity index (χ2n) is 4.83. The van der Waals surface area contributed by atoms with Crippen molar-refractivity contribution in [2.24, 2.45) is 5.73 Å². The Morgan fingerprint density at radius 3 is 2.71 bits per heavy atom. The zero-order valence-electron chi connectivity index (χ0n) is 11.6. The first-order valence-corrected chi connectivity index (χ1v) is 7.58. The van der Waals surface area contributed by atoms with Gasteiger partial charge in [-0.2, -0.15) is 0 Å². The highest BCUT2D eigenvalue weighted by Gasteiger charge is 2.14. The molecule has 2 aromatic carbocycles. The molecule has 1 aromatic heterocycles. The van der Waals surface area contributed by atoms with Crippen LogP contribution in [0.25, 0.3) is 22.4 Å². The normalized spacial score (nSPS) is 11.2. The number of imidazole rings is 1. The van der Waals surface area contributed by atoms with Gasteiger partial charge < -0.3 is 10.3 Å². The van der Waals surface area contributed by atoms with Gasteiger partial charge >= 0.3 is 0 Å². The fourth-order valence-corrected chi connectivity index (χ4v) is 3.03. The molecule has 0 aliphatic rings. The molecule has 0 unspecified atom stereocenters. The number of nitrogens with two attached hydrogens (primary N) is 1. The Morgan fingerprint density at radius 2 is 2.05 bits per heavy atom. The van der Waals surface area contributed by atoms with Gasteiger partial charge in [0.25, 0.3) is 0 Å². The van der Waals surface area contributed by atoms with Crippen LogP contribution in [0.5, 0.6) is 0 Å². The molecule has 0 amide bonds. The lowest BCUT2D eigenvalue weighted by Crippen LogP contribution is -1.98. The van der Waals surface area contributed by atoms with Crippen LogP contribution in [-0.2, 0) is 13.1 Å². The predicted octanol–water partition coefficient (Wildman–Crippen LogP) is 4.08. The molecule has 0 saturated carbocycles. The largest absolute Gasteiger partial charge is 0.326 e. The summed E-state index contributed by atoms with van der Waals surface area (Å²) in [4.78, 5) is 4.71. The lowest BCUT2D eigenvalue weighted by molar-refractivity contribution is 0.627. The minimum absolute atomic E-state index is 0.268. The summed E-state index contributed by atoms with van der Waals surface area (Å²) in [6, 6.07) is 10.7. The standard InChI is InChI=1S/C16H15BrFN3/c1-2-21-15-6-3-10(9-19)7-14(15)20-16(21)12-5-4-11(18)8-13(12)17/h3-8H,2,9,19H2,1H3. The van der Waals surface area contributed by atoms with Crippen LogP contribution in [0.2, 0.25) is 0 Å². The summed E-state index contributed by atoms with van der Waals surface area (Å²) in [5, 5.41) is 0. The van der Waals surface area contributed by atoms with Crippen molar-refractivity contribution >= 4 is 27.0 Å². The topological polar surface area (TPSA) is 43.8 Å². The van der Waals surface area contributed by atoms with E-state index in [1.165, 1.54) is 12.1 Å². The van der Waals surface area contributed by atoms with Gasteiger partial charge in [-0.1, -0.05) is 6.07 Å². The Balaban J connectivity index is 2.26. The van der Waals surface area contributed by atoms with Gasteiger partial charge in [-0.3, -0.25) is 0 Å². The predicted molar refractivity (Wildman–Crippen MR) is 86.4 cm³/mol. The highest BCUT2D eigenvalue weighted by Crippen LogP contribution is 2.31. The third kappa shape index (κ3) is 2.47. The summed E-state index contributed by atoms with van der Waals surface area (Å²) in [5.74, 6) is 0.559. The Hall–Kier alpha value is -1.72. The quantitative estimate of drug-likeness (QED) is 0.775. The second kappa shape index (κ2) is 5.58. The number of rotatable bonds is 3. The van der Waals surface area contributed by atoms with Crippen molar-refractivity contribution in [2.45, 2.75) is 20.0 Å². The highest BCUT2D eigenvalue weighted by molar-refractivity contribution is 9.10. The Kier molecular flexibility index (Phi) is 3.78. The van der Waals surface area contributed by atoms with E-state index in [1.54, 1.807) is 6.07 Å². The van der Waals surface area contributed by atoms with Gasteiger partial charge in [0.05, 0.1) is 11.0 Å². The summed E-state index contributed by atoms with van der Waals surface area (Å²) >= 11 is 3.42. The van der Waals surface area contributed by atoms with Crippen molar-refractivity contribution < 1.29 is 4.39 Å². The number of aryl methyl sites for hydroxylation is 1. The summed E-state index contributed by atoms with van der Waals surface area (Å²) < 4.78 is 16.1. The van der Waals surface area contributed by atoms with Gasteiger partial charge in [0.1, 0.15) is 11.6 Å². The number of nitrogens with zero attached hydrogens (tertiary/aromatic N) is 2.